The van der Waals surface area contributed by atoms with Gasteiger partial charge in [-0.1, -0.05) is 0 Å². The van der Waals surface area contributed by atoms with Crippen LogP contribution >= 0.6 is 0 Å². The van der Waals surface area contributed by atoms with Crippen LogP contribution in [-0.4, -0.2) is 44.2 Å². The first kappa shape index (κ1) is 21.3. The molecule has 0 unspecified atom stereocenters. The first-order chi connectivity index (χ1) is 14.6. The molecule has 0 amide bonds. The molecule has 1 aromatic carbocycles. The molecule has 2 heterocycles. The molecule has 30 heavy (non-hydrogen) atoms. The molecule has 2 aromatic rings. The largest absolute Gasteiger partial charge is 0.475 e. The van der Waals surface area contributed by atoms with Crippen LogP contribution < -0.4 is 20.5 Å². The number of rotatable bonds is 9. The molecule has 1 aliphatic heterocycles. The number of amidine groups is 1. The standard InChI is InChI=1S/C22H25N5O3/c1-15-9-18(11-21(27-15)29-8-7-28-2)30-20-10-16(12-24)3-4-19(20)22-25-13-17(5-6-23)14-26-22/h3-4,9-11,13H,5-8,14,23H2,1-2H3,(H,25,26). The Morgan fingerprint density at radius 2 is 2.10 bits per heavy atom. The quantitative estimate of drug-likeness (QED) is 0.614. The van der Waals surface area contributed by atoms with Crippen molar-refractivity contribution >= 4 is 5.84 Å². The molecular weight excluding hydrogens is 382 g/mol. The summed E-state index contributed by atoms with van der Waals surface area (Å²) in [4.78, 5) is 8.97. The third-order valence-corrected chi connectivity index (χ3v) is 4.35. The number of methoxy groups -OCH3 is 1. The average Bonchev–Trinajstić information content (AvgIpc) is 2.74. The monoisotopic (exact) mass is 407 g/mol. The van der Waals surface area contributed by atoms with Gasteiger partial charge in [0, 0.05) is 31.1 Å². The van der Waals surface area contributed by atoms with E-state index in [1.807, 2.05) is 19.2 Å². The number of aliphatic imine (C=N–C) groups is 1. The molecule has 1 aromatic heterocycles. The van der Waals surface area contributed by atoms with Crippen molar-refractivity contribution < 1.29 is 14.2 Å². The van der Waals surface area contributed by atoms with Gasteiger partial charge < -0.3 is 25.3 Å². The molecule has 3 rings (SSSR count). The van der Waals surface area contributed by atoms with E-state index in [1.54, 1.807) is 31.4 Å². The summed E-state index contributed by atoms with van der Waals surface area (Å²) in [6.45, 7) is 3.87. The van der Waals surface area contributed by atoms with Crippen LogP contribution in [0.25, 0.3) is 0 Å². The van der Waals surface area contributed by atoms with Gasteiger partial charge in [0.2, 0.25) is 5.88 Å². The molecule has 0 saturated carbocycles. The minimum absolute atomic E-state index is 0.389. The second-order valence-electron chi connectivity index (χ2n) is 6.70. The molecule has 0 atom stereocenters. The minimum atomic E-state index is 0.389. The summed E-state index contributed by atoms with van der Waals surface area (Å²) in [5.41, 5.74) is 8.76. The van der Waals surface area contributed by atoms with Gasteiger partial charge >= 0.3 is 0 Å². The van der Waals surface area contributed by atoms with E-state index in [0.717, 1.165) is 23.3 Å². The topological polar surface area (TPSA) is 115 Å². The Balaban J connectivity index is 1.86. The fourth-order valence-electron chi connectivity index (χ4n) is 2.91. The van der Waals surface area contributed by atoms with Crippen LogP contribution in [0.3, 0.4) is 0 Å². The van der Waals surface area contributed by atoms with E-state index in [2.05, 4.69) is 21.4 Å². The molecule has 1 aliphatic rings. The molecule has 0 radical (unpaired) electrons. The summed E-state index contributed by atoms with van der Waals surface area (Å²) in [6, 6.07) is 10.9. The van der Waals surface area contributed by atoms with E-state index < -0.39 is 0 Å². The fraction of sp³-hybridized carbons (Fsp3) is 0.318. The predicted molar refractivity (Wildman–Crippen MR) is 114 cm³/mol. The highest BCUT2D eigenvalue weighted by molar-refractivity contribution is 6.02. The van der Waals surface area contributed by atoms with Crippen molar-refractivity contribution in [2.75, 3.05) is 33.4 Å². The van der Waals surface area contributed by atoms with Crippen LogP contribution in [0.2, 0.25) is 0 Å². The van der Waals surface area contributed by atoms with Crippen molar-refractivity contribution in [1.82, 2.24) is 10.3 Å². The van der Waals surface area contributed by atoms with Crippen molar-refractivity contribution in [2.24, 2.45) is 10.7 Å². The third kappa shape index (κ3) is 5.56. The lowest BCUT2D eigenvalue weighted by Gasteiger charge is -2.18. The summed E-state index contributed by atoms with van der Waals surface area (Å²) >= 11 is 0. The highest BCUT2D eigenvalue weighted by Crippen LogP contribution is 2.30. The van der Waals surface area contributed by atoms with Crippen molar-refractivity contribution in [3.8, 4) is 23.4 Å². The second kappa shape index (κ2) is 10.4. The summed E-state index contributed by atoms with van der Waals surface area (Å²) in [5, 5.41) is 12.5. The van der Waals surface area contributed by atoms with Gasteiger partial charge in [0.05, 0.1) is 30.3 Å². The van der Waals surface area contributed by atoms with Gasteiger partial charge in [-0.05, 0) is 43.7 Å². The number of aromatic nitrogens is 1. The molecule has 8 nitrogen and oxygen atoms in total. The van der Waals surface area contributed by atoms with Crippen LogP contribution in [0.5, 0.6) is 17.4 Å². The Morgan fingerprint density at radius 1 is 1.23 bits per heavy atom. The van der Waals surface area contributed by atoms with E-state index in [0.29, 0.717) is 55.1 Å². The molecule has 3 N–H and O–H groups in total. The van der Waals surface area contributed by atoms with E-state index in [9.17, 15) is 5.26 Å². The van der Waals surface area contributed by atoms with Gasteiger partial charge in [0.15, 0.2) is 0 Å². The van der Waals surface area contributed by atoms with Crippen LogP contribution in [-0.2, 0) is 4.74 Å². The number of pyridine rings is 1. The Kier molecular flexibility index (Phi) is 7.38. The molecule has 0 bridgehead atoms. The van der Waals surface area contributed by atoms with E-state index in [-0.39, 0.29) is 0 Å². The molecule has 0 fully saturated rings. The van der Waals surface area contributed by atoms with E-state index in [4.69, 9.17) is 19.9 Å². The Bertz CT molecular complexity index is 995. The van der Waals surface area contributed by atoms with Crippen molar-refractivity contribution in [3.05, 3.63) is 58.9 Å². The van der Waals surface area contributed by atoms with Crippen molar-refractivity contribution in [3.63, 3.8) is 0 Å². The number of benzene rings is 1. The maximum atomic E-state index is 9.32. The normalized spacial score (nSPS) is 13.0. The lowest BCUT2D eigenvalue weighted by molar-refractivity contribution is 0.143. The molecule has 156 valence electrons. The smallest absolute Gasteiger partial charge is 0.217 e. The van der Waals surface area contributed by atoms with Crippen LogP contribution in [0.4, 0.5) is 0 Å². The average molecular weight is 407 g/mol. The highest BCUT2D eigenvalue weighted by Gasteiger charge is 2.16. The Labute approximate surface area is 176 Å². The van der Waals surface area contributed by atoms with Gasteiger partial charge in [-0.2, -0.15) is 5.26 Å². The van der Waals surface area contributed by atoms with E-state index >= 15 is 0 Å². The van der Waals surface area contributed by atoms with Gasteiger partial charge in [-0.25, -0.2) is 4.98 Å². The first-order valence-electron chi connectivity index (χ1n) is 9.64. The number of hydrogen-bond donors (Lipinski definition) is 2. The SMILES string of the molecule is COCCOc1cc(Oc2cc(C#N)ccc2C2=NCC(CCN)=CN2)cc(C)n1. The maximum Gasteiger partial charge on any atom is 0.217 e. The fourth-order valence-corrected chi connectivity index (χ4v) is 2.91. The number of hydrogen-bond acceptors (Lipinski definition) is 8. The zero-order chi connectivity index (χ0) is 21.3. The number of nitrogens with zero attached hydrogens (tertiary/aromatic N) is 3. The highest BCUT2D eigenvalue weighted by atomic mass is 16.5. The number of nitrogens with two attached hydrogens (primary N) is 1. The molecule has 8 heteroatoms. The summed E-state index contributed by atoms with van der Waals surface area (Å²) in [7, 11) is 1.61. The van der Waals surface area contributed by atoms with Crippen molar-refractivity contribution in [2.45, 2.75) is 13.3 Å². The van der Waals surface area contributed by atoms with Gasteiger partial charge in [-0.3, -0.25) is 4.99 Å². The Hall–Kier alpha value is -3.41. The molecule has 0 saturated heterocycles. The number of nitriles is 1. The lowest BCUT2D eigenvalue weighted by Crippen LogP contribution is -2.25. The summed E-state index contributed by atoms with van der Waals surface area (Å²) < 4.78 is 16.8. The van der Waals surface area contributed by atoms with Crippen LogP contribution in [0, 0.1) is 18.3 Å². The van der Waals surface area contributed by atoms with Gasteiger partial charge in [0.25, 0.3) is 0 Å². The second-order valence-corrected chi connectivity index (χ2v) is 6.70. The van der Waals surface area contributed by atoms with Crippen molar-refractivity contribution in [1.29, 1.82) is 5.26 Å². The van der Waals surface area contributed by atoms with Gasteiger partial charge in [-0.15, -0.1) is 0 Å². The number of aryl methyl sites for hydroxylation is 1. The zero-order valence-electron chi connectivity index (χ0n) is 17.1. The number of nitrogens with one attached hydrogen (secondary N) is 1. The third-order valence-electron chi connectivity index (χ3n) is 4.35. The lowest BCUT2D eigenvalue weighted by atomic mass is 10.1. The minimum Gasteiger partial charge on any atom is -0.475 e. The molecular formula is C22H25N5O3. The molecule has 0 aliphatic carbocycles. The zero-order valence-corrected chi connectivity index (χ0v) is 17.1. The summed E-state index contributed by atoms with van der Waals surface area (Å²) in [5.74, 6) is 2.20. The summed E-state index contributed by atoms with van der Waals surface area (Å²) in [6.07, 6.45) is 2.72. The number of ether oxygens (including phenoxy) is 3. The Morgan fingerprint density at radius 3 is 2.80 bits per heavy atom. The first-order valence-corrected chi connectivity index (χ1v) is 9.64. The van der Waals surface area contributed by atoms with E-state index in [1.165, 1.54) is 0 Å². The molecule has 0 spiro atoms. The van der Waals surface area contributed by atoms with Crippen LogP contribution in [0.15, 0.2) is 47.1 Å². The van der Waals surface area contributed by atoms with Crippen LogP contribution in [0.1, 0.15) is 23.2 Å². The van der Waals surface area contributed by atoms with Gasteiger partial charge in [0.1, 0.15) is 23.9 Å². The predicted octanol–water partition coefficient (Wildman–Crippen LogP) is 2.66. The maximum absolute atomic E-state index is 9.32.